The van der Waals surface area contributed by atoms with Crippen LogP contribution in [0.2, 0.25) is 0 Å². The normalized spacial score (nSPS) is 9.73. The van der Waals surface area contributed by atoms with Crippen molar-refractivity contribution in [2.24, 2.45) is 5.73 Å². The van der Waals surface area contributed by atoms with Crippen LogP contribution in [-0.2, 0) is 0 Å². The number of benzene rings is 1. The predicted octanol–water partition coefficient (Wildman–Crippen LogP) is 1.06. The summed E-state index contributed by atoms with van der Waals surface area (Å²) in [7, 11) is 1.39. The topological polar surface area (TPSA) is 96.2 Å². The van der Waals surface area contributed by atoms with Crippen LogP contribution in [-0.4, -0.2) is 17.9 Å². The fourth-order valence-corrected chi connectivity index (χ4v) is 1.06. The van der Waals surface area contributed by atoms with Crippen molar-refractivity contribution in [1.82, 2.24) is 0 Å². The number of nitro benzene ring substituents is 1. The Morgan fingerprint density at radius 2 is 2.27 bits per heavy atom. The zero-order valence-corrected chi connectivity index (χ0v) is 7.90. The number of hydrogen-bond donors (Lipinski definition) is 2. The summed E-state index contributed by atoms with van der Waals surface area (Å²) in [6, 6.07) is 3.06. The van der Waals surface area contributed by atoms with Crippen molar-refractivity contribution in [3.63, 3.8) is 0 Å². The first-order chi connectivity index (χ1) is 6.93. The Bertz CT molecular complexity index is 421. The number of nitrogens with zero attached hydrogens (tertiary/aromatic N) is 2. The zero-order valence-electron chi connectivity index (χ0n) is 7.90. The second kappa shape index (κ2) is 3.91. The van der Waals surface area contributed by atoms with Gasteiger partial charge in [0.05, 0.1) is 11.0 Å². The summed E-state index contributed by atoms with van der Waals surface area (Å²) in [5, 5.41) is 17.7. The molecule has 0 heterocycles. The monoisotopic (exact) mass is 212 g/mol. The number of guanidine groups is 1. The van der Waals surface area contributed by atoms with Crippen LogP contribution >= 0.6 is 0 Å². The lowest BCUT2D eigenvalue weighted by Crippen LogP contribution is -2.33. The van der Waals surface area contributed by atoms with E-state index in [1.54, 1.807) is 0 Å². The summed E-state index contributed by atoms with van der Waals surface area (Å²) in [4.78, 5) is 11.0. The molecular weight excluding hydrogens is 203 g/mol. The van der Waals surface area contributed by atoms with Gasteiger partial charge in [-0.2, -0.15) is 0 Å². The second-order valence-electron chi connectivity index (χ2n) is 2.83. The van der Waals surface area contributed by atoms with E-state index in [4.69, 9.17) is 11.1 Å². The fraction of sp³-hybridized carbons (Fsp3) is 0.125. The van der Waals surface area contributed by atoms with E-state index in [1.165, 1.54) is 13.1 Å². The Morgan fingerprint density at radius 3 is 2.73 bits per heavy atom. The molecule has 15 heavy (non-hydrogen) atoms. The molecule has 0 aliphatic carbocycles. The first-order valence-corrected chi connectivity index (χ1v) is 3.95. The molecule has 1 aromatic rings. The molecule has 0 aromatic heterocycles. The van der Waals surface area contributed by atoms with Gasteiger partial charge in [0.2, 0.25) is 0 Å². The molecule has 0 saturated carbocycles. The molecule has 1 aromatic carbocycles. The largest absolute Gasteiger partial charge is 0.370 e. The Morgan fingerprint density at radius 1 is 1.67 bits per heavy atom. The Labute approximate surface area is 84.8 Å². The zero-order chi connectivity index (χ0) is 11.6. The van der Waals surface area contributed by atoms with E-state index >= 15 is 0 Å². The maximum absolute atomic E-state index is 12.8. The van der Waals surface area contributed by atoms with Crippen LogP contribution in [0.1, 0.15) is 0 Å². The average Bonchev–Trinajstić information content (AvgIpc) is 2.16. The quantitative estimate of drug-likeness (QED) is 0.331. The van der Waals surface area contributed by atoms with Crippen LogP contribution < -0.4 is 10.6 Å². The van der Waals surface area contributed by atoms with Crippen molar-refractivity contribution < 1.29 is 9.31 Å². The van der Waals surface area contributed by atoms with Gasteiger partial charge in [-0.3, -0.25) is 15.5 Å². The highest BCUT2D eigenvalue weighted by Crippen LogP contribution is 2.27. The molecule has 0 aliphatic rings. The smallest absolute Gasteiger partial charge is 0.295 e. The molecule has 0 fully saturated rings. The highest BCUT2D eigenvalue weighted by atomic mass is 19.1. The van der Waals surface area contributed by atoms with Gasteiger partial charge in [-0.15, -0.1) is 0 Å². The molecule has 7 heteroatoms. The number of hydrogen-bond acceptors (Lipinski definition) is 3. The van der Waals surface area contributed by atoms with Crippen LogP contribution in [0.25, 0.3) is 0 Å². The second-order valence-corrected chi connectivity index (χ2v) is 2.83. The van der Waals surface area contributed by atoms with E-state index in [9.17, 15) is 14.5 Å². The van der Waals surface area contributed by atoms with Crippen LogP contribution in [0, 0.1) is 21.3 Å². The first-order valence-electron chi connectivity index (χ1n) is 3.95. The molecule has 0 unspecified atom stereocenters. The maximum atomic E-state index is 12.8. The minimum absolute atomic E-state index is 0.0777. The van der Waals surface area contributed by atoms with Crippen molar-refractivity contribution in [2.45, 2.75) is 0 Å². The summed E-state index contributed by atoms with van der Waals surface area (Å²) in [6.07, 6.45) is 0. The van der Waals surface area contributed by atoms with Gasteiger partial charge in [-0.05, 0) is 12.1 Å². The lowest BCUT2D eigenvalue weighted by Gasteiger charge is -2.16. The molecular formula is C8H9FN4O2. The number of nitrogens with two attached hydrogens (primary N) is 1. The molecule has 0 bridgehead atoms. The number of halogens is 1. The number of anilines is 1. The van der Waals surface area contributed by atoms with Gasteiger partial charge in [-0.25, -0.2) is 4.39 Å². The van der Waals surface area contributed by atoms with Gasteiger partial charge >= 0.3 is 0 Å². The average molecular weight is 212 g/mol. The molecule has 0 aliphatic heterocycles. The summed E-state index contributed by atoms with van der Waals surface area (Å²) in [5.41, 5.74) is 4.82. The summed E-state index contributed by atoms with van der Waals surface area (Å²) >= 11 is 0. The van der Waals surface area contributed by atoms with Crippen molar-refractivity contribution in [1.29, 1.82) is 5.41 Å². The van der Waals surface area contributed by atoms with Gasteiger partial charge in [-0.1, -0.05) is 0 Å². The Kier molecular flexibility index (Phi) is 2.84. The van der Waals surface area contributed by atoms with Gasteiger partial charge in [0.1, 0.15) is 11.5 Å². The van der Waals surface area contributed by atoms with Gasteiger partial charge in [0.25, 0.3) is 5.69 Å². The van der Waals surface area contributed by atoms with E-state index in [-0.39, 0.29) is 11.6 Å². The van der Waals surface area contributed by atoms with Crippen molar-refractivity contribution in [3.8, 4) is 0 Å². The molecule has 0 radical (unpaired) electrons. The van der Waals surface area contributed by atoms with E-state index < -0.39 is 16.4 Å². The van der Waals surface area contributed by atoms with E-state index in [1.807, 2.05) is 0 Å². The lowest BCUT2D eigenvalue weighted by molar-refractivity contribution is -0.384. The minimum atomic E-state index is -0.724. The molecule has 6 nitrogen and oxygen atoms in total. The van der Waals surface area contributed by atoms with Crippen molar-refractivity contribution in [3.05, 3.63) is 34.1 Å². The van der Waals surface area contributed by atoms with Gasteiger partial charge < -0.3 is 10.6 Å². The van der Waals surface area contributed by atoms with E-state index in [2.05, 4.69) is 0 Å². The van der Waals surface area contributed by atoms with Gasteiger partial charge in [0, 0.05) is 7.05 Å². The molecule has 0 spiro atoms. The maximum Gasteiger partial charge on any atom is 0.295 e. The molecule has 80 valence electrons. The fourth-order valence-electron chi connectivity index (χ4n) is 1.06. The van der Waals surface area contributed by atoms with E-state index in [0.717, 1.165) is 17.0 Å². The highest BCUT2D eigenvalue weighted by Gasteiger charge is 2.19. The van der Waals surface area contributed by atoms with Crippen LogP contribution in [0.4, 0.5) is 15.8 Å². The third kappa shape index (κ3) is 2.19. The van der Waals surface area contributed by atoms with Crippen LogP contribution in [0.3, 0.4) is 0 Å². The summed E-state index contributed by atoms with van der Waals surface area (Å²) in [5.74, 6) is -1.06. The first kappa shape index (κ1) is 10.9. The number of nitro groups is 1. The molecule has 0 atom stereocenters. The van der Waals surface area contributed by atoms with Crippen LogP contribution in [0.15, 0.2) is 18.2 Å². The molecule has 0 saturated heterocycles. The number of nitrogens with one attached hydrogen (secondary N) is 1. The molecule has 1 rings (SSSR count). The highest BCUT2D eigenvalue weighted by molar-refractivity contribution is 5.94. The van der Waals surface area contributed by atoms with Crippen molar-refractivity contribution >= 4 is 17.3 Å². The van der Waals surface area contributed by atoms with Gasteiger partial charge in [0.15, 0.2) is 5.96 Å². The third-order valence-corrected chi connectivity index (χ3v) is 1.86. The molecule has 0 amide bonds. The number of rotatable bonds is 2. The minimum Gasteiger partial charge on any atom is -0.370 e. The molecule has 3 N–H and O–H groups in total. The summed E-state index contributed by atoms with van der Waals surface area (Å²) < 4.78 is 12.8. The Balaban J connectivity index is 3.28. The third-order valence-electron chi connectivity index (χ3n) is 1.86. The summed E-state index contributed by atoms with van der Waals surface area (Å²) in [6.45, 7) is 0. The van der Waals surface area contributed by atoms with E-state index in [0.29, 0.717) is 0 Å². The lowest BCUT2D eigenvalue weighted by atomic mass is 10.2. The van der Waals surface area contributed by atoms with Crippen LogP contribution in [0.5, 0.6) is 0 Å². The Hall–Kier alpha value is -2.18. The predicted molar refractivity (Wildman–Crippen MR) is 53.4 cm³/mol. The van der Waals surface area contributed by atoms with Crippen molar-refractivity contribution in [2.75, 3.05) is 11.9 Å². The standard InChI is InChI=1S/C8H9FN4O2/c1-12(8(10)11)6-3-2-5(9)4-7(6)13(14)15/h2-4H,1H3,(H3,10,11). The SMILES string of the molecule is CN(C(=N)N)c1ccc(F)cc1[N+](=O)[O-].